The molecule has 2 rings (SSSR count). The molecule has 0 bridgehead atoms. The number of hydrogen-bond donors (Lipinski definition) is 3. The van der Waals surface area contributed by atoms with Crippen LogP contribution in [0.25, 0.3) is 10.9 Å². The fourth-order valence-electron chi connectivity index (χ4n) is 2.07. The first-order valence-corrected chi connectivity index (χ1v) is 5.70. The number of aromatic amines is 1. The second-order valence-electron chi connectivity index (χ2n) is 4.00. The van der Waals surface area contributed by atoms with Crippen LogP contribution >= 0.6 is 0 Å². The summed E-state index contributed by atoms with van der Waals surface area (Å²) in [4.78, 5) is 3.39. The van der Waals surface area contributed by atoms with Crippen LogP contribution in [0.2, 0.25) is 0 Å². The van der Waals surface area contributed by atoms with Crippen LogP contribution in [-0.2, 0) is 6.42 Å². The van der Waals surface area contributed by atoms with Crippen molar-refractivity contribution in [2.24, 2.45) is 0 Å². The Balaban J connectivity index is 2.13. The standard InChI is InChI=1S/C13H18N2O/c1-10-11(6-7-14-8-9-16)12-4-2-3-5-13(12)15-10/h2-5,14-16H,6-9H2,1H3. The number of nitrogens with one attached hydrogen (secondary N) is 2. The molecule has 0 aliphatic rings. The topological polar surface area (TPSA) is 48.0 Å². The first-order chi connectivity index (χ1) is 7.83. The highest BCUT2D eigenvalue weighted by molar-refractivity contribution is 5.84. The summed E-state index contributed by atoms with van der Waals surface area (Å²) in [6.45, 7) is 3.89. The number of fused-ring (bicyclic) bond motifs is 1. The predicted molar refractivity (Wildman–Crippen MR) is 66.7 cm³/mol. The van der Waals surface area contributed by atoms with E-state index in [1.54, 1.807) is 0 Å². The zero-order valence-electron chi connectivity index (χ0n) is 9.59. The molecule has 0 atom stereocenters. The Bertz CT molecular complexity index is 462. The van der Waals surface area contributed by atoms with Gasteiger partial charge in [-0.25, -0.2) is 0 Å². The summed E-state index contributed by atoms with van der Waals surface area (Å²) in [5, 5.41) is 13.2. The van der Waals surface area contributed by atoms with E-state index in [-0.39, 0.29) is 6.61 Å². The summed E-state index contributed by atoms with van der Waals surface area (Å²) in [5.41, 5.74) is 3.82. The van der Waals surface area contributed by atoms with Crippen molar-refractivity contribution in [2.45, 2.75) is 13.3 Å². The maximum absolute atomic E-state index is 8.68. The normalized spacial score (nSPS) is 11.1. The average molecular weight is 218 g/mol. The van der Waals surface area contributed by atoms with Crippen molar-refractivity contribution in [3.05, 3.63) is 35.5 Å². The predicted octanol–water partition coefficient (Wildman–Crippen LogP) is 1.60. The van der Waals surface area contributed by atoms with E-state index in [1.807, 2.05) is 6.07 Å². The number of benzene rings is 1. The number of aliphatic hydroxyl groups is 1. The second kappa shape index (κ2) is 5.14. The van der Waals surface area contributed by atoms with Crippen LogP contribution in [0.5, 0.6) is 0 Å². The Morgan fingerprint density at radius 1 is 1.25 bits per heavy atom. The lowest BCUT2D eigenvalue weighted by atomic mass is 10.1. The van der Waals surface area contributed by atoms with E-state index in [9.17, 15) is 0 Å². The molecule has 86 valence electrons. The molecule has 3 heteroatoms. The summed E-state index contributed by atoms with van der Waals surface area (Å²) in [7, 11) is 0. The summed E-state index contributed by atoms with van der Waals surface area (Å²) in [5.74, 6) is 0. The van der Waals surface area contributed by atoms with Gasteiger partial charge in [-0.15, -0.1) is 0 Å². The molecule has 2 aromatic rings. The Morgan fingerprint density at radius 3 is 2.88 bits per heavy atom. The van der Waals surface area contributed by atoms with E-state index < -0.39 is 0 Å². The Morgan fingerprint density at radius 2 is 2.06 bits per heavy atom. The van der Waals surface area contributed by atoms with Crippen LogP contribution < -0.4 is 5.32 Å². The van der Waals surface area contributed by atoms with Crippen molar-refractivity contribution in [3.63, 3.8) is 0 Å². The molecule has 0 spiro atoms. The molecular formula is C13H18N2O. The summed E-state index contributed by atoms with van der Waals surface area (Å²) in [6, 6.07) is 8.37. The molecule has 0 saturated carbocycles. The Kier molecular flexibility index (Phi) is 3.59. The SMILES string of the molecule is Cc1[nH]c2ccccc2c1CCNCCO. The van der Waals surface area contributed by atoms with E-state index in [4.69, 9.17) is 5.11 Å². The van der Waals surface area contributed by atoms with Crippen molar-refractivity contribution >= 4 is 10.9 Å². The van der Waals surface area contributed by atoms with E-state index in [1.165, 1.54) is 22.2 Å². The zero-order valence-corrected chi connectivity index (χ0v) is 9.59. The molecule has 0 aliphatic heterocycles. The van der Waals surface area contributed by atoms with Crippen LogP contribution in [0.3, 0.4) is 0 Å². The van der Waals surface area contributed by atoms with Gasteiger partial charge < -0.3 is 15.4 Å². The number of rotatable bonds is 5. The third kappa shape index (κ3) is 2.26. The minimum atomic E-state index is 0.201. The second-order valence-corrected chi connectivity index (χ2v) is 4.00. The summed E-state index contributed by atoms with van der Waals surface area (Å²) >= 11 is 0. The van der Waals surface area contributed by atoms with Gasteiger partial charge in [0.15, 0.2) is 0 Å². The van der Waals surface area contributed by atoms with Gasteiger partial charge in [-0.05, 0) is 31.5 Å². The number of para-hydroxylation sites is 1. The van der Waals surface area contributed by atoms with Crippen LogP contribution in [0.1, 0.15) is 11.3 Å². The molecule has 3 nitrogen and oxygen atoms in total. The van der Waals surface area contributed by atoms with Gasteiger partial charge >= 0.3 is 0 Å². The maximum atomic E-state index is 8.68. The third-order valence-corrected chi connectivity index (χ3v) is 2.87. The Labute approximate surface area is 95.5 Å². The highest BCUT2D eigenvalue weighted by atomic mass is 16.3. The molecule has 3 N–H and O–H groups in total. The van der Waals surface area contributed by atoms with Gasteiger partial charge in [-0.1, -0.05) is 18.2 Å². The number of aromatic nitrogens is 1. The van der Waals surface area contributed by atoms with E-state index in [0.29, 0.717) is 6.54 Å². The van der Waals surface area contributed by atoms with Crippen LogP contribution in [-0.4, -0.2) is 29.8 Å². The van der Waals surface area contributed by atoms with E-state index in [0.717, 1.165) is 13.0 Å². The van der Waals surface area contributed by atoms with Crippen LogP contribution in [0, 0.1) is 6.92 Å². The summed E-state index contributed by atoms with van der Waals surface area (Å²) in [6.07, 6.45) is 0.996. The van der Waals surface area contributed by atoms with Gasteiger partial charge in [0.1, 0.15) is 0 Å². The highest BCUT2D eigenvalue weighted by Crippen LogP contribution is 2.21. The van der Waals surface area contributed by atoms with Crippen LogP contribution in [0.15, 0.2) is 24.3 Å². The molecule has 0 fully saturated rings. The average Bonchev–Trinajstić information content (AvgIpc) is 2.61. The molecule has 0 saturated heterocycles. The lowest BCUT2D eigenvalue weighted by Crippen LogP contribution is -2.20. The van der Waals surface area contributed by atoms with Gasteiger partial charge in [0.05, 0.1) is 6.61 Å². The zero-order chi connectivity index (χ0) is 11.4. The summed E-state index contributed by atoms with van der Waals surface area (Å²) < 4.78 is 0. The van der Waals surface area contributed by atoms with Gasteiger partial charge in [-0.2, -0.15) is 0 Å². The van der Waals surface area contributed by atoms with Gasteiger partial charge in [-0.3, -0.25) is 0 Å². The van der Waals surface area contributed by atoms with Gasteiger partial charge in [0.25, 0.3) is 0 Å². The lowest BCUT2D eigenvalue weighted by molar-refractivity contribution is 0.293. The number of hydrogen-bond acceptors (Lipinski definition) is 2. The van der Waals surface area contributed by atoms with Crippen LogP contribution in [0.4, 0.5) is 0 Å². The van der Waals surface area contributed by atoms with Gasteiger partial charge in [0.2, 0.25) is 0 Å². The molecule has 0 amide bonds. The number of H-pyrrole nitrogens is 1. The molecule has 0 radical (unpaired) electrons. The first-order valence-electron chi connectivity index (χ1n) is 5.70. The first kappa shape index (κ1) is 11.2. The highest BCUT2D eigenvalue weighted by Gasteiger charge is 2.06. The maximum Gasteiger partial charge on any atom is 0.0555 e. The van der Waals surface area contributed by atoms with E-state index >= 15 is 0 Å². The third-order valence-electron chi connectivity index (χ3n) is 2.87. The molecule has 0 unspecified atom stereocenters. The number of aryl methyl sites for hydroxylation is 1. The van der Waals surface area contributed by atoms with Crippen molar-refractivity contribution in [2.75, 3.05) is 19.7 Å². The lowest BCUT2D eigenvalue weighted by Gasteiger charge is -2.03. The van der Waals surface area contributed by atoms with Crippen molar-refractivity contribution in [1.29, 1.82) is 0 Å². The minimum absolute atomic E-state index is 0.201. The Hall–Kier alpha value is -1.32. The smallest absolute Gasteiger partial charge is 0.0555 e. The fourth-order valence-corrected chi connectivity index (χ4v) is 2.07. The largest absolute Gasteiger partial charge is 0.395 e. The van der Waals surface area contributed by atoms with Crippen molar-refractivity contribution < 1.29 is 5.11 Å². The quantitative estimate of drug-likeness (QED) is 0.668. The fraction of sp³-hybridized carbons (Fsp3) is 0.385. The molecule has 1 aromatic heterocycles. The molecule has 1 aromatic carbocycles. The van der Waals surface area contributed by atoms with Crippen molar-refractivity contribution in [3.8, 4) is 0 Å². The van der Waals surface area contributed by atoms with E-state index in [2.05, 4.69) is 35.4 Å². The molecular weight excluding hydrogens is 200 g/mol. The number of aliphatic hydroxyl groups excluding tert-OH is 1. The minimum Gasteiger partial charge on any atom is -0.395 e. The van der Waals surface area contributed by atoms with Gasteiger partial charge in [0, 0.05) is 23.1 Å². The molecule has 0 aliphatic carbocycles. The molecule has 16 heavy (non-hydrogen) atoms. The monoisotopic (exact) mass is 218 g/mol. The van der Waals surface area contributed by atoms with Crippen molar-refractivity contribution in [1.82, 2.24) is 10.3 Å². The molecule has 1 heterocycles.